The summed E-state index contributed by atoms with van der Waals surface area (Å²) in [5.41, 5.74) is 0.835. The van der Waals surface area contributed by atoms with Crippen molar-refractivity contribution in [2.24, 2.45) is 0 Å². The summed E-state index contributed by atoms with van der Waals surface area (Å²) in [6.07, 6.45) is 1.58. The number of benzene rings is 1. The average Bonchev–Trinajstić information content (AvgIpc) is 2.67. The Hall–Kier alpha value is -1.88. The molecule has 3 rings (SSSR count). The Kier molecular flexibility index (Phi) is 2.56. The number of carbonyl (C=O) groups excluding carboxylic acids is 1. The number of aromatic nitrogens is 2. The van der Waals surface area contributed by atoms with Crippen LogP contribution in [0.4, 0.5) is 4.39 Å². The van der Waals surface area contributed by atoms with Crippen LogP contribution in [0.15, 0.2) is 24.4 Å². The van der Waals surface area contributed by atoms with Gasteiger partial charge in [-0.25, -0.2) is 9.37 Å². The largest absolute Gasteiger partial charge is 0.491 e. The molecular formula is C12H8ClFN2O2. The van der Waals surface area contributed by atoms with Crippen LogP contribution < -0.4 is 4.74 Å². The Morgan fingerprint density at radius 3 is 3.11 bits per heavy atom. The van der Waals surface area contributed by atoms with E-state index in [-0.39, 0.29) is 11.5 Å². The van der Waals surface area contributed by atoms with Gasteiger partial charge in [0, 0.05) is 12.3 Å². The van der Waals surface area contributed by atoms with Gasteiger partial charge in [0.15, 0.2) is 0 Å². The van der Waals surface area contributed by atoms with E-state index in [0.29, 0.717) is 30.3 Å². The van der Waals surface area contributed by atoms with Crippen molar-refractivity contribution < 1.29 is 13.9 Å². The molecule has 2 heterocycles. The van der Waals surface area contributed by atoms with E-state index in [1.807, 2.05) is 0 Å². The Balaban J connectivity index is 2.20. The third-order valence-corrected chi connectivity index (χ3v) is 2.95. The molecule has 0 saturated heterocycles. The van der Waals surface area contributed by atoms with E-state index in [0.717, 1.165) is 0 Å². The first kappa shape index (κ1) is 11.2. The van der Waals surface area contributed by atoms with Gasteiger partial charge in [-0.3, -0.25) is 4.79 Å². The second kappa shape index (κ2) is 4.10. The molecule has 0 amide bonds. The van der Waals surface area contributed by atoms with Gasteiger partial charge < -0.3 is 9.30 Å². The lowest BCUT2D eigenvalue weighted by Gasteiger charge is -2.05. The molecule has 2 aromatic rings. The van der Waals surface area contributed by atoms with E-state index >= 15 is 0 Å². The van der Waals surface area contributed by atoms with Gasteiger partial charge in [0.2, 0.25) is 0 Å². The van der Waals surface area contributed by atoms with Crippen LogP contribution in [-0.2, 0) is 6.54 Å². The van der Waals surface area contributed by atoms with E-state index in [4.69, 9.17) is 16.3 Å². The number of hydrogen-bond donors (Lipinski definition) is 0. The molecular weight excluding hydrogens is 259 g/mol. The maximum absolute atomic E-state index is 13.2. The predicted octanol–water partition coefficient (Wildman–Crippen LogP) is 2.46. The molecule has 4 nitrogen and oxygen atoms in total. The quantitative estimate of drug-likeness (QED) is 0.745. The van der Waals surface area contributed by atoms with Crippen molar-refractivity contribution in [3.05, 3.63) is 35.9 Å². The summed E-state index contributed by atoms with van der Waals surface area (Å²) in [6, 6.07) is 4.22. The normalized spacial score (nSPS) is 13.2. The Bertz CT molecular complexity index is 639. The van der Waals surface area contributed by atoms with Gasteiger partial charge in [0.05, 0.1) is 12.1 Å². The fourth-order valence-corrected chi connectivity index (χ4v) is 2.04. The number of carbonyl (C=O) groups is 1. The van der Waals surface area contributed by atoms with Gasteiger partial charge in [-0.1, -0.05) is 0 Å². The molecule has 1 aromatic carbocycles. The molecule has 0 fully saturated rings. The zero-order valence-corrected chi connectivity index (χ0v) is 9.95. The number of nitrogens with zero attached hydrogens (tertiary/aromatic N) is 2. The first-order valence-electron chi connectivity index (χ1n) is 5.35. The average molecular weight is 267 g/mol. The van der Waals surface area contributed by atoms with Crippen LogP contribution in [0.3, 0.4) is 0 Å². The van der Waals surface area contributed by atoms with E-state index in [2.05, 4.69) is 4.98 Å². The molecule has 0 unspecified atom stereocenters. The number of imidazole rings is 1. The van der Waals surface area contributed by atoms with Crippen LogP contribution in [0, 0.1) is 5.82 Å². The Labute approximate surface area is 107 Å². The molecule has 1 aliphatic rings. The molecule has 1 aromatic heterocycles. The zero-order valence-electron chi connectivity index (χ0n) is 9.19. The highest BCUT2D eigenvalue weighted by molar-refractivity contribution is 6.67. The van der Waals surface area contributed by atoms with Crippen LogP contribution in [0.5, 0.6) is 5.75 Å². The molecule has 92 valence electrons. The molecule has 0 aliphatic carbocycles. The minimum absolute atomic E-state index is 0.184. The van der Waals surface area contributed by atoms with Crippen molar-refractivity contribution in [1.82, 2.24) is 9.55 Å². The molecule has 0 bridgehead atoms. The van der Waals surface area contributed by atoms with Crippen molar-refractivity contribution in [3.8, 4) is 17.1 Å². The molecule has 18 heavy (non-hydrogen) atoms. The monoisotopic (exact) mass is 266 g/mol. The van der Waals surface area contributed by atoms with Gasteiger partial charge >= 0.3 is 0 Å². The van der Waals surface area contributed by atoms with Crippen molar-refractivity contribution in [1.29, 1.82) is 0 Å². The van der Waals surface area contributed by atoms with E-state index in [1.54, 1.807) is 16.8 Å². The summed E-state index contributed by atoms with van der Waals surface area (Å²) < 4.78 is 20.4. The number of ether oxygens (including phenoxy) is 1. The fraction of sp³-hybridized carbons (Fsp3) is 0.167. The zero-order chi connectivity index (χ0) is 12.7. The van der Waals surface area contributed by atoms with Gasteiger partial charge in [0.25, 0.3) is 5.24 Å². The summed E-state index contributed by atoms with van der Waals surface area (Å²) in [7, 11) is 0. The van der Waals surface area contributed by atoms with Gasteiger partial charge in [-0.05, 0) is 23.7 Å². The second-order valence-electron chi connectivity index (χ2n) is 3.91. The minimum atomic E-state index is -0.611. The van der Waals surface area contributed by atoms with Crippen LogP contribution in [0.1, 0.15) is 10.5 Å². The van der Waals surface area contributed by atoms with Crippen LogP contribution in [0.2, 0.25) is 0 Å². The Morgan fingerprint density at radius 1 is 1.50 bits per heavy atom. The third-order valence-electron chi connectivity index (χ3n) is 2.75. The second-order valence-corrected chi connectivity index (χ2v) is 4.25. The molecule has 0 saturated carbocycles. The number of fused-ring (bicyclic) bond motifs is 3. The summed E-state index contributed by atoms with van der Waals surface area (Å²) in [4.78, 5) is 15.3. The molecule has 0 radical (unpaired) electrons. The predicted molar refractivity (Wildman–Crippen MR) is 63.3 cm³/mol. The van der Waals surface area contributed by atoms with Crippen LogP contribution >= 0.6 is 11.6 Å². The lowest BCUT2D eigenvalue weighted by molar-refractivity contribution is 0.107. The highest BCUT2D eigenvalue weighted by atomic mass is 35.5. The van der Waals surface area contributed by atoms with E-state index in [9.17, 15) is 9.18 Å². The molecule has 0 N–H and O–H groups in total. The van der Waals surface area contributed by atoms with E-state index in [1.165, 1.54) is 12.1 Å². The maximum Gasteiger partial charge on any atom is 0.272 e. The number of rotatable bonds is 1. The molecule has 1 aliphatic heterocycles. The van der Waals surface area contributed by atoms with Crippen LogP contribution in [0.25, 0.3) is 11.4 Å². The van der Waals surface area contributed by atoms with Crippen molar-refractivity contribution in [2.75, 3.05) is 6.61 Å². The SMILES string of the molecule is O=C(Cl)c1cn2c(n1)-c1ccc(F)cc1OCC2. The van der Waals surface area contributed by atoms with Crippen molar-refractivity contribution in [3.63, 3.8) is 0 Å². The van der Waals surface area contributed by atoms with E-state index < -0.39 is 5.24 Å². The molecule has 0 spiro atoms. The molecule has 0 atom stereocenters. The minimum Gasteiger partial charge on any atom is -0.491 e. The van der Waals surface area contributed by atoms with Crippen molar-refractivity contribution in [2.45, 2.75) is 6.54 Å². The van der Waals surface area contributed by atoms with Gasteiger partial charge in [0.1, 0.15) is 29.7 Å². The maximum atomic E-state index is 13.2. The fourth-order valence-electron chi connectivity index (χ4n) is 1.95. The number of hydrogen-bond acceptors (Lipinski definition) is 3. The lowest BCUT2D eigenvalue weighted by Crippen LogP contribution is -2.04. The van der Waals surface area contributed by atoms with Gasteiger partial charge in [-0.2, -0.15) is 0 Å². The lowest BCUT2D eigenvalue weighted by atomic mass is 10.2. The summed E-state index contributed by atoms with van der Waals surface area (Å²) in [5, 5.41) is -0.611. The summed E-state index contributed by atoms with van der Waals surface area (Å²) in [6.45, 7) is 0.915. The topological polar surface area (TPSA) is 44.1 Å². The Morgan fingerprint density at radius 2 is 2.33 bits per heavy atom. The first-order chi connectivity index (χ1) is 8.65. The standard InChI is InChI=1S/C12H8ClFN2O2/c13-11(17)9-6-16-3-4-18-10-5-7(14)1-2-8(10)12(16)15-9/h1-2,5-6H,3-4H2. The highest BCUT2D eigenvalue weighted by Gasteiger charge is 2.20. The highest BCUT2D eigenvalue weighted by Crippen LogP contribution is 2.32. The van der Waals surface area contributed by atoms with Crippen LogP contribution in [-0.4, -0.2) is 21.4 Å². The summed E-state index contributed by atoms with van der Waals surface area (Å²) in [5.74, 6) is 0.613. The summed E-state index contributed by atoms with van der Waals surface area (Å²) >= 11 is 5.41. The first-order valence-corrected chi connectivity index (χ1v) is 5.72. The molecule has 6 heteroatoms. The smallest absolute Gasteiger partial charge is 0.272 e. The van der Waals surface area contributed by atoms with Crippen molar-refractivity contribution >= 4 is 16.8 Å². The third kappa shape index (κ3) is 1.76. The number of halogens is 2. The van der Waals surface area contributed by atoms with Gasteiger partial charge in [-0.15, -0.1) is 0 Å².